The van der Waals surface area contributed by atoms with Crippen molar-refractivity contribution in [3.8, 4) is 0 Å². The van der Waals surface area contributed by atoms with Crippen molar-refractivity contribution in [3.63, 3.8) is 0 Å². The predicted molar refractivity (Wildman–Crippen MR) is 77.8 cm³/mol. The van der Waals surface area contributed by atoms with Gasteiger partial charge in [0.05, 0.1) is 23.7 Å². The first kappa shape index (κ1) is 13.5. The summed E-state index contributed by atoms with van der Waals surface area (Å²) in [6.07, 6.45) is 4.74. The number of nitrogens with zero attached hydrogens (tertiary/aromatic N) is 3. The van der Waals surface area contributed by atoms with Crippen LogP contribution in [-0.2, 0) is 9.53 Å². The molecule has 2 rings (SSSR count). The van der Waals surface area contributed by atoms with Gasteiger partial charge in [0.25, 0.3) is 0 Å². The molecule has 19 heavy (non-hydrogen) atoms. The van der Waals surface area contributed by atoms with Gasteiger partial charge in [0.1, 0.15) is 5.82 Å². The van der Waals surface area contributed by atoms with Gasteiger partial charge in [-0.25, -0.2) is 14.2 Å². The molecule has 7 heteroatoms. The summed E-state index contributed by atoms with van der Waals surface area (Å²) in [7, 11) is 3.65. The summed E-state index contributed by atoms with van der Waals surface area (Å²) in [5.74, 6) is 0.336. The maximum atomic E-state index is 11.2. The number of carbonyl (C=O) groups is 1. The molecule has 1 unspecified atom stereocenters. The number of pyridine rings is 1. The minimum atomic E-state index is -0.406. The van der Waals surface area contributed by atoms with Crippen LogP contribution in [0.2, 0.25) is 0 Å². The van der Waals surface area contributed by atoms with Crippen molar-refractivity contribution in [1.29, 1.82) is 0 Å². The SMILES string of the molecule is CNc1nccc2c1c(/C=C/C(=O)OC)nn2PC. The second-order valence-corrected chi connectivity index (χ2v) is 4.55. The number of nitrogens with one attached hydrogen (secondary N) is 1. The normalized spacial score (nSPS) is 11.7. The topological polar surface area (TPSA) is 69.0 Å². The molecule has 0 saturated carbocycles. The first-order chi connectivity index (χ1) is 9.21. The number of ether oxygens (including phenoxy) is 1. The van der Waals surface area contributed by atoms with E-state index in [1.807, 2.05) is 17.2 Å². The molecule has 2 aromatic heterocycles. The van der Waals surface area contributed by atoms with E-state index in [0.29, 0.717) is 14.4 Å². The maximum absolute atomic E-state index is 11.2. The molecular formula is C12H15N4O2P. The van der Waals surface area contributed by atoms with Crippen LogP contribution in [-0.4, -0.2) is 41.3 Å². The number of carbonyl (C=O) groups excluding carboxylic acids is 1. The van der Waals surface area contributed by atoms with E-state index in [0.717, 1.165) is 16.7 Å². The number of fused-ring (bicyclic) bond motifs is 1. The lowest BCUT2D eigenvalue weighted by molar-refractivity contribution is -0.134. The molecule has 6 nitrogen and oxygen atoms in total. The zero-order valence-electron chi connectivity index (χ0n) is 11.0. The van der Waals surface area contributed by atoms with Gasteiger partial charge in [-0.3, -0.25) is 0 Å². The van der Waals surface area contributed by atoms with Crippen molar-refractivity contribution in [3.05, 3.63) is 24.0 Å². The Labute approximate surface area is 112 Å². The highest BCUT2D eigenvalue weighted by atomic mass is 31.1. The van der Waals surface area contributed by atoms with Crippen molar-refractivity contribution in [2.24, 2.45) is 0 Å². The molecule has 1 N–H and O–H groups in total. The van der Waals surface area contributed by atoms with Gasteiger partial charge in [0.15, 0.2) is 0 Å². The number of esters is 1. The summed E-state index contributed by atoms with van der Waals surface area (Å²) in [5.41, 5.74) is 1.69. The van der Waals surface area contributed by atoms with Crippen molar-refractivity contribution in [2.45, 2.75) is 0 Å². The average molecular weight is 278 g/mol. The fourth-order valence-electron chi connectivity index (χ4n) is 1.78. The van der Waals surface area contributed by atoms with Crippen LogP contribution in [0.3, 0.4) is 0 Å². The highest BCUT2D eigenvalue weighted by Crippen LogP contribution is 2.29. The number of anilines is 1. The monoisotopic (exact) mass is 278 g/mol. The molecule has 0 amide bonds. The van der Waals surface area contributed by atoms with Crippen molar-refractivity contribution in [1.82, 2.24) is 14.5 Å². The third-order valence-electron chi connectivity index (χ3n) is 2.65. The second kappa shape index (κ2) is 5.80. The van der Waals surface area contributed by atoms with Crippen LogP contribution in [0.5, 0.6) is 0 Å². The van der Waals surface area contributed by atoms with Gasteiger partial charge in [0.2, 0.25) is 0 Å². The lowest BCUT2D eigenvalue weighted by Crippen LogP contribution is -1.94. The Bertz CT molecular complexity index is 636. The van der Waals surface area contributed by atoms with Crippen LogP contribution in [0, 0.1) is 0 Å². The van der Waals surface area contributed by atoms with Crippen molar-refractivity contribution in [2.75, 3.05) is 26.1 Å². The number of hydrogen-bond donors (Lipinski definition) is 1. The van der Waals surface area contributed by atoms with Crippen LogP contribution in [0.25, 0.3) is 17.0 Å². The highest BCUT2D eigenvalue weighted by Gasteiger charge is 2.12. The van der Waals surface area contributed by atoms with E-state index in [9.17, 15) is 4.79 Å². The molecule has 0 aliphatic carbocycles. The molecular weight excluding hydrogens is 263 g/mol. The molecule has 0 bridgehead atoms. The van der Waals surface area contributed by atoms with E-state index in [4.69, 9.17) is 0 Å². The summed E-state index contributed by atoms with van der Waals surface area (Å²) in [4.78, 5) is 15.4. The minimum absolute atomic E-state index is 0.406. The third kappa shape index (κ3) is 2.58. The van der Waals surface area contributed by atoms with Crippen LogP contribution >= 0.6 is 8.73 Å². The molecule has 0 radical (unpaired) electrons. The summed E-state index contributed by atoms with van der Waals surface area (Å²) < 4.78 is 6.48. The van der Waals surface area contributed by atoms with Gasteiger partial charge in [0, 0.05) is 28.1 Å². The van der Waals surface area contributed by atoms with E-state index < -0.39 is 5.97 Å². The molecule has 2 aromatic rings. The Morgan fingerprint density at radius 2 is 2.37 bits per heavy atom. The Morgan fingerprint density at radius 1 is 1.58 bits per heavy atom. The molecule has 0 aliphatic heterocycles. The van der Waals surface area contributed by atoms with E-state index >= 15 is 0 Å². The van der Waals surface area contributed by atoms with Gasteiger partial charge >= 0.3 is 5.97 Å². The fraction of sp³-hybridized carbons (Fsp3) is 0.250. The molecule has 100 valence electrons. The molecule has 0 fully saturated rings. The van der Waals surface area contributed by atoms with Gasteiger partial charge in [-0.1, -0.05) is 0 Å². The number of rotatable bonds is 4. The van der Waals surface area contributed by atoms with E-state index in [2.05, 4.69) is 20.1 Å². The third-order valence-corrected chi connectivity index (χ3v) is 3.41. The Kier molecular flexibility index (Phi) is 4.12. The molecule has 0 spiro atoms. The largest absolute Gasteiger partial charge is 0.466 e. The van der Waals surface area contributed by atoms with E-state index in [-0.39, 0.29) is 0 Å². The van der Waals surface area contributed by atoms with Crippen LogP contribution < -0.4 is 5.32 Å². The Morgan fingerprint density at radius 3 is 3.00 bits per heavy atom. The van der Waals surface area contributed by atoms with Gasteiger partial charge in [-0.15, -0.1) is 0 Å². The smallest absolute Gasteiger partial charge is 0.330 e. The molecule has 2 heterocycles. The van der Waals surface area contributed by atoms with Crippen LogP contribution in [0.4, 0.5) is 5.82 Å². The predicted octanol–water partition coefficient (Wildman–Crippen LogP) is 1.73. The van der Waals surface area contributed by atoms with Crippen LogP contribution in [0.15, 0.2) is 18.3 Å². The first-order valence-electron chi connectivity index (χ1n) is 5.70. The van der Waals surface area contributed by atoms with Crippen molar-refractivity contribution >= 4 is 37.5 Å². The highest BCUT2D eigenvalue weighted by molar-refractivity contribution is 7.35. The van der Waals surface area contributed by atoms with Crippen molar-refractivity contribution < 1.29 is 9.53 Å². The van der Waals surface area contributed by atoms with Gasteiger partial charge < -0.3 is 10.1 Å². The molecule has 0 aromatic carbocycles. The van der Waals surface area contributed by atoms with E-state index in [1.54, 1.807) is 19.3 Å². The Balaban J connectivity index is 2.60. The summed E-state index contributed by atoms with van der Waals surface area (Å²) in [6, 6.07) is 1.91. The van der Waals surface area contributed by atoms with Gasteiger partial charge in [-0.2, -0.15) is 5.10 Å². The summed E-state index contributed by atoms with van der Waals surface area (Å²) >= 11 is 0. The summed E-state index contributed by atoms with van der Waals surface area (Å²) in [5, 5.41) is 8.42. The maximum Gasteiger partial charge on any atom is 0.330 e. The lowest BCUT2D eigenvalue weighted by Gasteiger charge is -2.01. The zero-order chi connectivity index (χ0) is 13.8. The lowest BCUT2D eigenvalue weighted by atomic mass is 10.2. The van der Waals surface area contributed by atoms with Crippen LogP contribution in [0.1, 0.15) is 5.69 Å². The number of hydrogen-bond acceptors (Lipinski definition) is 5. The Hall–Kier alpha value is -1.94. The quantitative estimate of drug-likeness (QED) is 0.524. The zero-order valence-corrected chi connectivity index (χ0v) is 12.0. The average Bonchev–Trinajstić information content (AvgIpc) is 2.82. The minimum Gasteiger partial charge on any atom is -0.466 e. The molecule has 0 saturated heterocycles. The number of methoxy groups -OCH3 is 1. The standard InChI is InChI=1S/C12H15N4O2P/c1-13-12-11-8(4-5-10(17)18-2)15-16(19-3)9(11)6-7-14-12/h4-7,19H,1-3H3,(H,13,14)/b5-4+. The molecule has 0 aliphatic rings. The fourth-order valence-corrected chi connectivity index (χ4v) is 2.42. The van der Waals surface area contributed by atoms with E-state index in [1.165, 1.54) is 13.2 Å². The summed E-state index contributed by atoms with van der Waals surface area (Å²) in [6.45, 7) is 2.04. The molecule has 1 atom stereocenters. The first-order valence-corrected chi connectivity index (χ1v) is 7.15. The van der Waals surface area contributed by atoms with Gasteiger partial charge in [-0.05, 0) is 18.8 Å². The number of aromatic nitrogens is 3. The second-order valence-electron chi connectivity index (χ2n) is 3.68.